The Balaban J connectivity index is 1.82. The average molecular weight is 369 g/mol. The summed E-state index contributed by atoms with van der Waals surface area (Å²) in [6.07, 6.45) is 1.62. The maximum Gasteiger partial charge on any atom is 0.236 e. The van der Waals surface area contributed by atoms with Crippen LogP contribution in [0.4, 0.5) is 0 Å². The van der Waals surface area contributed by atoms with Crippen LogP contribution >= 0.6 is 0 Å². The number of para-hydroxylation sites is 2. The van der Waals surface area contributed by atoms with E-state index in [2.05, 4.69) is 4.98 Å². The highest BCUT2D eigenvalue weighted by Gasteiger charge is 2.18. The van der Waals surface area contributed by atoms with Crippen LogP contribution in [0, 0.1) is 6.92 Å². The lowest BCUT2D eigenvalue weighted by Gasteiger charge is -2.15. The number of sulfonamides is 1. The molecule has 0 atom stereocenters. The first-order valence-corrected chi connectivity index (χ1v) is 10.1. The van der Waals surface area contributed by atoms with E-state index in [0.717, 1.165) is 34.5 Å². The van der Waals surface area contributed by atoms with Crippen molar-refractivity contribution in [1.82, 2.24) is 13.9 Å². The van der Waals surface area contributed by atoms with Crippen LogP contribution < -0.4 is 0 Å². The normalized spacial score (nSPS) is 12.5. The summed E-state index contributed by atoms with van der Waals surface area (Å²) in [5, 5.41) is 1.25. The molecule has 0 unspecified atom stereocenters. The Morgan fingerprint density at radius 1 is 1.12 bits per heavy atom. The molecule has 26 heavy (non-hydrogen) atoms. The van der Waals surface area contributed by atoms with Gasteiger partial charge in [0, 0.05) is 19.0 Å². The van der Waals surface area contributed by atoms with Crippen LogP contribution in [0.2, 0.25) is 0 Å². The van der Waals surface area contributed by atoms with Crippen LogP contribution in [0.1, 0.15) is 23.9 Å². The molecule has 3 rings (SSSR count). The number of aromatic nitrogens is 2. The molecule has 0 aliphatic heterocycles. The van der Waals surface area contributed by atoms with E-state index < -0.39 is 10.0 Å². The number of hydrogen-bond acceptors (Lipinski definition) is 3. The van der Waals surface area contributed by atoms with Gasteiger partial charge < -0.3 is 4.57 Å². The second-order valence-corrected chi connectivity index (χ2v) is 8.20. The highest BCUT2D eigenvalue weighted by Crippen LogP contribution is 2.18. The number of aryl methyl sites for hydroxylation is 2. The van der Waals surface area contributed by atoms with Crippen molar-refractivity contribution in [1.29, 1.82) is 0 Å². The molecule has 136 valence electrons. The molecule has 6 heteroatoms. The van der Waals surface area contributed by atoms with E-state index in [0.29, 0.717) is 0 Å². The standard InChI is InChI=1S/C20H23N3O2S/c1-4-23-19-8-6-5-7-18(19)21-20(23)15-22(3)26(24,25)14-13-17-11-9-16(2)10-12-17/h5-14H,4,15H2,1-3H3/b14-13+. The van der Waals surface area contributed by atoms with Gasteiger partial charge in [-0.25, -0.2) is 13.4 Å². The fourth-order valence-electron chi connectivity index (χ4n) is 2.83. The number of fused-ring (bicyclic) bond motifs is 1. The van der Waals surface area contributed by atoms with Gasteiger partial charge in [-0.05, 0) is 37.6 Å². The monoisotopic (exact) mass is 369 g/mol. The number of nitrogens with zero attached hydrogens (tertiary/aromatic N) is 3. The van der Waals surface area contributed by atoms with Crippen molar-refractivity contribution in [3.8, 4) is 0 Å². The SMILES string of the molecule is CCn1c(CN(C)S(=O)(=O)/C=C/c2ccc(C)cc2)nc2ccccc21. The number of rotatable bonds is 6. The molecule has 0 saturated carbocycles. The Labute approximate surface area is 154 Å². The molecule has 0 bridgehead atoms. The summed E-state index contributed by atoms with van der Waals surface area (Å²) in [6.45, 7) is 4.99. The van der Waals surface area contributed by atoms with E-state index >= 15 is 0 Å². The van der Waals surface area contributed by atoms with Gasteiger partial charge in [0.1, 0.15) is 5.82 Å². The molecule has 3 aromatic rings. The molecule has 0 aliphatic rings. The fourth-order valence-corrected chi connectivity index (χ4v) is 3.67. The summed E-state index contributed by atoms with van der Waals surface area (Å²) in [5.74, 6) is 0.739. The summed E-state index contributed by atoms with van der Waals surface area (Å²) in [7, 11) is -1.95. The van der Waals surface area contributed by atoms with Crippen molar-refractivity contribution in [3.63, 3.8) is 0 Å². The molecule has 0 radical (unpaired) electrons. The molecule has 5 nitrogen and oxygen atoms in total. The van der Waals surface area contributed by atoms with E-state index in [1.54, 1.807) is 13.1 Å². The highest BCUT2D eigenvalue weighted by molar-refractivity contribution is 7.92. The summed E-state index contributed by atoms with van der Waals surface area (Å²) >= 11 is 0. The summed E-state index contributed by atoms with van der Waals surface area (Å²) < 4.78 is 28.6. The van der Waals surface area contributed by atoms with Gasteiger partial charge in [-0.15, -0.1) is 0 Å². The van der Waals surface area contributed by atoms with Crippen molar-refractivity contribution in [2.24, 2.45) is 0 Å². The Hall–Kier alpha value is -2.44. The predicted octanol–water partition coefficient (Wildman–Crippen LogP) is 3.80. The first kappa shape index (κ1) is 18.4. The topological polar surface area (TPSA) is 55.2 Å². The Bertz CT molecular complexity index is 1030. The number of hydrogen-bond donors (Lipinski definition) is 0. The van der Waals surface area contributed by atoms with Crippen LogP contribution in [0.3, 0.4) is 0 Å². The first-order valence-electron chi connectivity index (χ1n) is 8.56. The zero-order chi connectivity index (χ0) is 18.7. The van der Waals surface area contributed by atoms with Gasteiger partial charge in [0.2, 0.25) is 10.0 Å². The molecule has 0 spiro atoms. The smallest absolute Gasteiger partial charge is 0.236 e. The molecule has 0 aliphatic carbocycles. The maximum absolute atomic E-state index is 12.6. The van der Waals surface area contributed by atoms with Gasteiger partial charge in [-0.2, -0.15) is 4.31 Å². The molecule has 1 heterocycles. The zero-order valence-corrected chi connectivity index (χ0v) is 16.1. The lowest BCUT2D eigenvalue weighted by atomic mass is 10.2. The number of imidazole rings is 1. The van der Waals surface area contributed by atoms with Crippen molar-refractivity contribution in [3.05, 3.63) is 70.9 Å². The van der Waals surface area contributed by atoms with Crippen LogP contribution in [0.5, 0.6) is 0 Å². The predicted molar refractivity (Wildman–Crippen MR) is 106 cm³/mol. The summed E-state index contributed by atoms with van der Waals surface area (Å²) in [4.78, 5) is 4.60. The molecule has 0 amide bonds. The quantitative estimate of drug-likeness (QED) is 0.664. The van der Waals surface area contributed by atoms with E-state index in [1.165, 1.54) is 9.71 Å². The molecule has 0 saturated heterocycles. The molecule has 0 N–H and O–H groups in total. The highest BCUT2D eigenvalue weighted by atomic mass is 32.2. The van der Waals surface area contributed by atoms with Gasteiger partial charge in [0.15, 0.2) is 0 Å². The summed E-state index contributed by atoms with van der Waals surface area (Å²) in [6, 6.07) is 15.6. The molecular weight excluding hydrogens is 346 g/mol. The van der Waals surface area contributed by atoms with Crippen molar-refractivity contribution < 1.29 is 8.42 Å². The molecule has 2 aromatic carbocycles. The largest absolute Gasteiger partial charge is 0.327 e. The average Bonchev–Trinajstić information content (AvgIpc) is 2.98. The summed E-state index contributed by atoms with van der Waals surface area (Å²) in [5.41, 5.74) is 3.89. The Morgan fingerprint density at radius 2 is 1.81 bits per heavy atom. The van der Waals surface area contributed by atoms with Crippen molar-refractivity contribution in [2.75, 3.05) is 7.05 Å². The van der Waals surface area contributed by atoms with Gasteiger partial charge >= 0.3 is 0 Å². The van der Waals surface area contributed by atoms with Gasteiger partial charge in [0.05, 0.1) is 17.6 Å². The Kier molecular flexibility index (Phi) is 5.25. The van der Waals surface area contributed by atoms with Crippen LogP contribution in [0.25, 0.3) is 17.1 Å². The number of benzene rings is 2. The van der Waals surface area contributed by atoms with Crippen LogP contribution in [-0.2, 0) is 23.1 Å². The maximum atomic E-state index is 12.6. The minimum atomic E-state index is -3.53. The van der Waals surface area contributed by atoms with E-state index in [-0.39, 0.29) is 6.54 Å². The van der Waals surface area contributed by atoms with Gasteiger partial charge in [-0.1, -0.05) is 42.0 Å². The molecule has 0 fully saturated rings. The van der Waals surface area contributed by atoms with E-state index in [1.807, 2.05) is 66.9 Å². The molecule has 1 aromatic heterocycles. The van der Waals surface area contributed by atoms with E-state index in [4.69, 9.17) is 0 Å². The van der Waals surface area contributed by atoms with Crippen molar-refractivity contribution >= 4 is 27.1 Å². The second kappa shape index (κ2) is 7.43. The third-order valence-electron chi connectivity index (χ3n) is 4.36. The van der Waals surface area contributed by atoms with Crippen LogP contribution in [0.15, 0.2) is 53.9 Å². The van der Waals surface area contributed by atoms with Gasteiger partial charge in [0.25, 0.3) is 0 Å². The minimum Gasteiger partial charge on any atom is -0.327 e. The van der Waals surface area contributed by atoms with Gasteiger partial charge in [-0.3, -0.25) is 0 Å². The fraction of sp³-hybridized carbons (Fsp3) is 0.250. The van der Waals surface area contributed by atoms with Crippen LogP contribution in [-0.4, -0.2) is 29.3 Å². The minimum absolute atomic E-state index is 0.225. The zero-order valence-electron chi connectivity index (χ0n) is 15.3. The molecular formula is C20H23N3O2S. The lowest BCUT2D eigenvalue weighted by molar-refractivity contribution is 0.456. The van der Waals surface area contributed by atoms with Crippen molar-refractivity contribution in [2.45, 2.75) is 26.9 Å². The Morgan fingerprint density at radius 3 is 2.50 bits per heavy atom. The lowest BCUT2D eigenvalue weighted by Crippen LogP contribution is -2.26. The first-order chi connectivity index (χ1) is 12.4. The van der Waals surface area contributed by atoms with E-state index in [9.17, 15) is 8.42 Å². The second-order valence-electron chi connectivity index (χ2n) is 6.28. The third kappa shape index (κ3) is 3.86. The third-order valence-corrected chi connectivity index (χ3v) is 5.84.